The van der Waals surface area contributed by atoms with Gasteiger partial charge >= 0.3 is 0 Å². The lowest BCUT2D eigenvalue weighted by molar-refractivity contribution is 0.100. The molecule has 1 aromatic rings. The third-order valence-electron chi connectivity index (χ3n) is 3.33. The van der Waals surface area contributed by atoms with Gasteiger partial charge in [-0.3, -0.25) is 4.79 Å². The number of nitrogens with two attached hydrogens (primary N) is 1. The summed E-state index contributed by atoms with van der Waals surface area (Å²) in [5, 5.41) is 0. The summed E-state index contributed by atoms with van der Waals surface area (Å²) in [6, 6.07) is 7.25. The average Bonchev–Trinajstić information content (AvgIpc) is 2.41. The van der Waals surface area contributed by atoms with E-state index < -0.39 is 0 Å². The zero-order valence-corrected chi connectivity index (χ0v) is 10.8. The van der Waals surface area contributed by atoms with Gasteiger partial charge in [-0.2, -0.15) is 0 Å². The molecule has 0 amide bonds. The monoisotopic (exact) mass is 248 g/mol. The van der Waals surface area contributed by atoms with Crippen molar-refractivity contribution in [3.05, 3.63) is 29.8 Å². The third-order valence-corrected chi connectivity index (χ3v) is 3.33. The molecule has 2 rings (SSSR count). The fourth-order valence-corrected chi connectivity index (χ4v) is 2.13. The van der Waals surface area contributed by atoms with E-state index in [1.165, 1.54) is 0 Å². The summed E-state index contributed by atoms with van der Waals surface area (Å²) < 4.78 is 5.90. The maximum atomic E-state index is 11.4. The highest BCUT2D eigenvalue weighted by Crippen LogP contribution is 2.19. The van der Waals surface area contributed by atoms with Crippen LogP contribution in [0.15, 0.2) is 24.3 Å². The number of likely N-dealkylation sites (tertiary alicyclic amines) is 1. The molecule has 0 aromatic heterocycles. The SMILES string of the molecule is CN1CCC(Oc2ccc(C(=O)CN)cc2)CC1. The quantitative estimate of drug-likeness (QED) is 0.816. The molecule has 0 saturated carbocycles. The molecule has 1 heterocycles. The second kappa shape index (κ2) is 5.98. The van der Waals surface area contributed by atoms with Crippen LogP contribution in [0, 0.1) is 0 Å². The maximum absolute atomic E-state index is 11.4. The van der Waals surface area contributed by atoms with Crippen LogP contribution in [0.1, 0.15) is 23.2 Å². The highest BCUT2D eigenvalue weighted by molar-refractivity contribution is 5.97. The van der Waals surface area contributed by atoms with E-state index in [2.05, 4.69) is 11.9 Å². The molecule has 4 heteroatoms. The first-order chi connectivity index (χ1) is 8.69. The van der Waals surface area contributed by atoms with Gasteiger partial charge in [-0.1, -0.05) is 0 Å². The molecule has 0 unspecified atom stereocenters. The van der Waals surface area contributed by atoms with Crippen molar-refractivity contribution in [1.82, 2.24) is 4.90 Å². The molecule has 1 fully saturated rings. The van der Waals surface area contributed by atoms with Gasteiger partial charge in [0.05, 0.1) is 6.54 Å². The first kappa shape index (κ1) is 13.1. The van der Waals surface area contributed by atoms with Gasteiger partial charge in [0.1, 0.15) is 11.9 Å². The molecular weight excluding hydrogens is 228 g/mol. The topological polar surface area (TPSA) is 55.6 Å². The highest BCUT2D eigenvalue weighted by atomic mass is 16.5. The average molecular weight is 248 g/mol. The van der Waals surface area contributed by atoms with Crippen LogP contribution in [0.5, 0.6) is 5.75 Å². The van der Waals surface area contributed by atoms with Gasteiger partial charge in [0.2, 0.25) is 0 Å². The normalized spacial score (nSPS) is 17.7. The summed E-state index contributed by atoms with van der Waals surface area (Å²) >= 11 is 0. The minimum atomic E-state index is -0.0409. The lowest BCUT2D eigenvalue weighted by Crippen LogP contribution is -2.35. The Morgan fingerprint density at radius 1 is 1.33 bits per heavy atom. The first-order valence-electron chi connectivity index (χ1n) is 6.37. The van der Waals surface area contributed by atoms with Crippen LogP contribution in [0.3, 0.4) is 0 Å². The summed E-state index contributed by atoms with van der Waals surface area (Å²) in [5.74, 6) is 0.791. The maximum Gasteiger partial charge on any atom is 0.176 e. The standard InChI is InChI=1S/C14H20N2O2/c1-16-8-6-13(7-9-16)18-12-4-2-11(3-5-12)14(17)10-15/h2-5,13H,6-10,15H2,1H3. The van der Waals surface area contributed by atoms with Crippen molar-refractivity contribution in [2.45, 2.75) is 18.9 Å². The molecule has 0 atom stereocenters. The molecule has 1 aliphatic heterocycles. The number of nitrogens with zero attached hydrogens (tertiary/aromatic N) is 1. The Morgan fingerprint density at radius 2 is 1.94 bits per heavy atom. The Labute approximate surface area is 108 Å². The highest BCUT2D eigenvalue weighted by Gasteiger charge is 2.17. The Kier molecular flexibility index (Phi) is 4.33. The molecule has 1 aliphatic rings. The number of benzene rings is 1. The molecule has 0 aliphatic carbocycles. The number of ketones is 1. The van der Waals surface area contributed by atoms with E-state index >= 15 is 0 Å². The molecular formula is C14H20N2O2. The van der Waals surface area contributed by atoms with E-state index in [1.54, 1.807) is 12.1 Å². The van der Waals surface area contributed by atoms with Crippen molar-refractivity contribution in [1.29, 1.82) is 0 Å². The van der Waals surface area contributed by atoms with Crippen LogP contribution >= 0.6 is 0 Å². The van der Waals surface area contributed by atoms with Crippen molar-refractivity contribution in [3.8, 4) is 5.75 Å². The number of hydrogen-bond acceptors (Lipinski definition) is 4. The Balaban J connectivity index is 1.92. The predicted molar refractivity (Wildman–Crippen MR) is 71.0 cm³/mol. The van der Waals surface area contributed by atoms with Crippen LogP contribution in [0.2, 0.25) is 0 Å². The minimum Gasteiger partial charge on any atom is -0.490 e. The number of carbonyl (C=O) groups excluding carboxylic acids is 1. The van der Waals surface area contributed by atoms with E-state index in [1.807, 2.05) is 12.1 Å². The lowest BCUT2D eigenvalue weighted by Gasteiger charge is -2.29. The molecule has 4 nitrogen and oxygen atoms in total. The van der Waals surface area contributed by atoms with Crippen LogP contribution < -0.4 is 10.5 Å². The fraction of sp³-hybridized carbons (Fsp3) is 0.500. The molecule has 0 radical (unpaired) electrons. The minimum absolute atomic E-state index is 0.0409. The zero-order chi connectivity index (χ0) is 13.0. The van der Waals surface area contributed by atoms with Gasteiger partial charge in [0, 0.05) is 18.7 Å². The van der Waals surface area contributed by atoms with Crippen LogP contribution in [0.25, 0.3) is 0 Å². The third kappa shape index (κ3) is 3.31. The van der Waals surface area contributed by atoms with Crippen molar-refractivity contribution >= 4 is 5.78 Å². The van der Waals surface area contributed by atoms with E-state index in [4.69, 9.17) is 10.5 Å². The van der Waals surface area contributed by atoms with E-state index in [0.717, 1.165) is 31.7 Å². The summed E-state index contributed by atoms with van der Waals surface area (Å²) in [4.78, 5) is 13.7. The van der Waals surface area contributed by atoms with Crippen molar-refractivity contribution in [2.75, 3.05) is 26.7 Å². The van der Waals surface area contributed by atoms with Crippen LogP contribution in [-0.2, 0) is 0 Å². The molecule has 18 heavy (non-hydrogen) atoms. The number of piperidine rings is 1. The largest absolute Gasteiger partial charge is 0.490 e. The summed E-state index contributed by atoms with van der Waals surface area (Å²) in [6.07, 6.45) is 2.40. The number of rotatable bonds is 4. The van der Waals surface area contributed by atoms with Gasteiger partial charge in [-0.05, 0) is 44.2 Å². The van der Waals surface area contributed by atoms with Gasteiger partial charge in [-0.25, -0.2) is 0 Å². The van der Waals surface area contributed by atoms with Crippen molar-refractivity contribution in [3.63, 3.8) is 0 Å². The van der Waals surface area contributed by atoms with E-state index in [9.17, 15) is 4.79 Å². The summed E-state index contributed by atoms with van der Waals surface area (Å²) in [6.45, 7) is 2.21. The van der Waals surface area contributed by atoms with Crippen LogP contribution in [-0.4, -0.2) is 43.5 Å². The Morgan fingerprint density at radius 3 is 2.50 bits per heavy atom. The van der Waals surface area contributed by atoms with Crippen molar-refractivity contribution in [2.24, 2.45) is 5.73 Å². The number of ether oxygens (including phenoxy) is 1. The molecule has 98 valence electrons. The second-order valence-electron chi connectivity index (χ2n) is 4.77. The molecule has 0 spiro atoms. The number of hydrogen-bond donors (Lipinski definition) is 1. The number of carbonyl (C=O) groups is 1. The van der Waals surface area contributed by atoms with Gasteiger partial charge < -0.3 is 15.4 Å². The van der Waals surface area contributed by atoms with Crippen LogP contribution in [0.4, 0.5) is 0 Å². The molecule has 1 saturated heterocycles. The van der Waals surface area contributed by atoms with E-state index in [-0.39, 0.29) is 18.4 Å². The van der Waals surface area contributed by atoms with Gasteiger partial charge in [-0.15, -0.1) is 0 Å². The number of Topliss-reactive ketones (excluding diaryl/α,β-unsaturated/α-hetero) is 1. The molecule has 1 aromatic carbocycles. The Hall–Kier alpha value is -1.39. The first-order valence-corrected chi connectivity index (χ1v) is 6.37. The second-order valence-corrected chi connectivity index (χ2v) is 4.77. The summed E-state index contributed by atoms with van der Waals surface area (Å²) in [5.41, 5.74) is 5.97. The smallest absolute Gasteiger partial charge is 0.176 e. The summed E-state index contributed by atoms with van der Waals surface area (Å²) in [7, 11) is 2.13. The van der Waals surface area contributed by atoms with Crippen molar-refractivity contribution < 1.29 is 9.53 Å². The fourth-order valence-electron chi connectivity index (χ4n) is 2.13. The van der Waals surface area contributed by atoms with Gasteiger partial charge in [0.25, 0.3) is 0 Å². The zero-order valence-electron chi connectivity index (χ0n) is 10.8. The Bertz CT molecular complexity index is 395. The lowest BCUT2D eigenvalue weighted by atomic mass is 10.1. The predicted octanol–water partition coefficient (Wildman–Crippen LogP) is 1.30. The molecule has 0 bridgehead atoms. The molecule has 2 N–H and O–H groups in total. The van der Waals surface area contributed by atoms with E-state index in [0.29, 0.717) is 5.56 Å². The van der Waals surface area contributed by atoms with Gasteiger partial charge in [0.15, 0.2) is 5.78 Å².